The van der Waals surface area contributed by atoms with Crippen LogP contribution in [0.3, 0.4) is 0 Å². The minimum Gasteiger partial charge on any atom is -0.396 e. The molecule has 0 radical (unpaired) electrons. The van der Waals surface area contributed by atoms with Crippen LogP contribution in [0.4, 0.5) is 22.1 Å². The van der Waals surface area contributed by atoms with Crippen molar-refractivity contribution in [1.82, 2.24) is 15.3 Å². The van der Waals surface area contributed by atoms with Crippen LogP contribution in [0, 0.1) is 5.41 Å². The summed E-state index contributed by atoms with van der Waals surface area (Å²) in [5, 5.41) is 15.0. The molecule has 4 heterocycles. The Bertz CT molecular complexity index is 949. The largest absolute Gasteiger partial charge is 0.396 e. The average Bonchev–Trinajstić information content (AvgIpc) is 3.16. The Balaban J connectivity index is 1.60. The van der Waals surface area contributed by atoms with E-state index in [9.17, 15) is 14.7 Å². The molecule has 2 bridgehead atoms. The summed E-state index contributed by atoms with van der Waals surface area (Å²) in [5.41, 5.74) is 0.649. The smallest absolute Gasteiger partial charge is 0.329 e. The van der Waals surface area contributed by atoms with Crippen molar-refractivity contribution in [2.75, 3.05) is 41.4 Å². The van der Waals surface area contributed by atoms with Gasteiger partial charge in [-0.2, -0.15) is 0 Å². The predicted molar refractivity (Wildman–Crippen MR) is 114 cm³/mol. The van der Waals surface area contributed by atoms with Crippen LogP contribution >= 0.6 is 0 Å². The van der Waals surface area contributed by atoms with E-state index < -0.39 is 5.41 Å². The molecular weight excluding hydrogens is 384 g/mol. The summed E-state index contributed by atoms with van der Waals surface area (Å²) in [6, 6.07) is 8.51. The summed E-state index contributed by atoms with van der Waals surface area (Å²) >= 11 is 0. The van der Waals surface area contributed by atoms with E-state index >= 15 is 0 Å². The highest BCUT2D eigenvalue weighted by atomic mass is 16.3. The standard InChI is InChI=1S/C21H26N6O3/c1-21(2,13-28)12-23-19(29)15-6-7-16-18(24-15)27(14-8-10-26(16)11-14)20(30)25-17-5-3-4-9-22-17/h3-7,9,14,28H,8,10-13H2,1-2H3,(H,23,29)(H,22,25,30)/t14-/m0/s1. The molecule has 1 saturated heterocycles. The number of nitrogens with zero attached hydrogens (tertiary/aromatic N) is 4. The topological polar surface area (TPSA) is 111 Å². The lowest BCUT2D eigenvalue weighted by Crippen LogP contribution is -2.48. The van der Waals surface area contributed by atoms with Gasteiger partial charge in [-0.15, -0.1) is 0 Å². The zero-order valence-corrected chi connectivity index (χ0v) is 17.1. The van der Waals surface area contributed by atoms with Crippen molar-refractivity contribution >= 4 is 29.3 Å². The number of pyridine rings is 2. The number of fused-ring (bicyclic) bond motifs is 4. The number of carbonyl (C=O) groups is 2. The maximum atomic E-state index is 13.1. The second-order valence-corrected chi connectivity index (χ2v) is 8.45. The van der Waals surface area contributed by atoms with E-state index in [0.717, 1.165) is 25.2 Å². The second-order valence-electron chi connectivity index (χ2n) is 8.45. The number of nitrogens with one attached hydrogen (secondary N) is 2. The SMILES string of the molecule is CC(C)(CO)CNC(=O)c1ccc2c(n1)N(C(=O)Nc1ccccn1)[C@H]1CCN2C1. The maximum absolute atomic E-state index is 13.1. The van der Waals surface area contributed by atoms with Gasteiger partial charge in [0.05, 0.1) is 11.7 Å². The molecule has 1 atom stereocenters. The van der Waals surface area contributed by atoms with Crippen molar-refractivity contribution in [3.8, 4) is 0 Å². The van der Waals surface area contributed by atoms with Gasteiger partial charge in [0.1, 0.15) is 11.5 Å². The first-order valence-electron chi connectivity index (χ1n) is 10.0. The molecule has 2 aromatic heterocycles. The van der Waals surface area contributed by atoms with Crippen molar-refractivity contribution in [2.45, 2.75) is 26.3 Å². The molecule has 0 aliphatic carbocycles. The summed E-state index contributed by atoms with van der Waals surface area (Å²) in [5.74, 6) is 0.605. The molecule has 9 nitrogen and oxygen atoms in total. The molecule has 0 unspecified atom stereocenters. The van der Waals surface area contributed by atoms with Crippen LogP contribution in [0.2, 0.25) is 0 Å². The van der Waals surface area contributed by atoms with Gasteiger partial charge in [-0.1, -0.05) is 19.9 Å². The summed E-state index contributed by atoms with van der Waals surface area (Å²) < 4.78 is 0. The van der Waals surface area contributed by atoms with Crippen LogP contribution in [0.25, 0.3) is 0 Å². The Kier molecular flexibility index (Phi) is 5.29. The van der Waals surface area contributed by atoms with E-state index in [0.29, 0.717) is 18.2 Å². The molecule has 0 spiro atoms. The van der Waals surface area contributed by atoms with Crippen LogP contribution in [0.15, 0.2) is 36.5 Å². The highest BCUT2D eigenvalue weighted by molar-refractivity contribution is 6.05. The molecule has 1 fully saturated rings. The lowest BCUT2D eigenvalue weighted by atomic mass is 9.95. The Hall–Kier alpha value is -3.20. The molecule has 2 aliphatic rings. The van der Waals surface area contributed by atoms with E-state index in [-0.39, 0.29) is 30.3 Å². The second kappa shape index (κ2) is 7.91. The van der Waals surface area contributed by atoms with Crippen molar-refractivity contribution in [2.24, 2.45) is 5.41 Å². The highest BCUT2D eigenvalue weighted by Gasteiger charge is 2.40. The highest BCUT2D eigenvalue weighted by Crippen LogP contribution is 2.39. The maximum Gasteiger partial charge on any atom is 0.329 e. The minimum atomic E-state index is -0.427. The first-order chi connectivity index (χ1) is 14.4. The molecule has 30 heavy (non-hydrogen) atoms. The zero-order valence-electron chi connectivity index (χ0n) is 17.1. The Morgan fingerprint density at radius 3 is 2.83 bits per heavy atom. The molecule has 0 saturated carbocycles. The number of aromatic nitrogens is 2. The number of rotatable bonds is 5. The van der Waals surface area contributed by atoms with Gasteiger partial charge < -0.3 is 15.3 Å². The molecule has 0 aromatic carbocycles. The number of aliphatic hydroxyl groups is 1. The minimum absolute atomic E-state index is 0.0136. The number of anilines is 3. The average molecular weight is 410 g/mol. The predicted octanol–water partition coefficient (Wildman–Crippen LogP) is 1.86. The fourth-order valence-corrected chi connectivity index (χ4v) is 3.67. The van der Waals surface area contributed by atoms with Crippen molar-refractivity contribution in [1.29, 1.82) is 0 Å². The summed E-state index contributed by atoms with van der Waals surface area (Å²) in [6.07, 6.45) is 2.45. The zero-order chi connectivity index (χ0) is 21.3. The van der Waals surface area contributed by atoms with Crippen molar-refractivity contribution < 1.29 is 14.7 Å². The third kappa shape index (κ3) is 3.93. The lowest BCUT2D eigenvalue weighted by Gasteiger charge is -2.35. The number of hydrogen-bond acceptors (Lipinski definition) is 6. The van der Waals surface area contributed by atoms with Crippen LogP contribution in [-0.4, -0.2) is 59.3 Å². The lowest BCUT2D eigenvalue weighted by molar-refractivity contribution is 0.0906. The molecule has 3 N–H and O–H groups in total. The van der Waals surface area contributed by atoms with E-state index in [1.165, 1.54) is 0 Å². The van der Waals surface area contributed by atoms with Gasteiger partial charge in [0.2, 0.25) is 0 Å². The molecule has 2 aliphatic heterocycles. The Morgan fingerprint density at radius 2 is 2.10 bits per heavy atom. The molecule has 3 amide bonds. The third-order valence-corrected chi connectivity index (χ3v) is 5.46. The summed E-state index contributed by atoms with van der Waals surface area (Å²) in [4.78, 5) is 38.3. The van der Waals surface area contributed by atoms with Gasteiger partial charge >= 0.3 is 6.03 Å². The van der Waals surface area contributed by atoms with Crippen molar-refractivity contribution in [3.05, 3.63) is 42.2 Å². The van der Waals surface area contributed by atoms with Crippen LogP contribution in [-0.2, 0) is 0 Å². The molecular formula is C21H26N6O3. The fourth-order valence-electron chi connectivity index (χ4n) is 3.67. The fraction of sp³-hybridized carbons (Fsp3) is 0.429. The Labute approximate surface area is 175 Å². The van der Waals surface area contributed by atoms with Gasteiger partial charge in [0, 0.05) is 37.9 Å². The quantitative estimate of drug-likeness (QED) is 0.694. The van der Waals surface area contributed by atoms with Gasteiger partial charge in [-0.3, -0.25) is 15.0 Å². The Morgan fingerprint density at radius 1 is 1.27 bits per heavy atom. The third-order valence-electron chi connectivity index (χ3n) is 5.46. The molecule has 2 aromatic rings. The van der Waals surface area contributed by atoms with Gasteiger partial charge in [-0.05, 0) is 30.7 Å². The molecule has 158 valence electrons. The van der Waals surface area contributed by atoms with Gasteiger partial charge in [0.25, 0.3) is 5.91 Å². The molecule has 9 heteroatoms. The van der Waals surface area contributed by atoms with E-state index in [2.05, 4.69) is 25.5 Å². The first-order valence-corrected chi connectivity index (χ1v) is 10.0. The van der Waals surface area contributed by atoms with E-state index in [4.69, 9.17) is 0 Å². The number of urea groups is 1. The van der Waals surface area contributed by atoms with E-state index in [1.54, 1.807) is 35.4 Å². The van der Waals surface area contributed by atoms with E-state index in [1.807, 2.05) is 19.9 Å². The number of aliphatic hydroxyl groups excluding tert-OH is 1. The molecule has 4 rings (SSSR count). The monoisotopic (exact) mass is 410 g/mol. The summed E-state index contributed by atoms with van der Waals surface area (Å²) in [7, 11) is 0. The first kappa shape index (κ1) is 20.1. The van der Waals surface area contributed by atoms with Gasteiger partial charge in [0.15, 0.2) is 5.82 Å². The van der Waals surface area contributed by atoms with Gasteiger partial charge in [-0.25, -0.2) is 14.8 Å². The van der Waals surface area contributed by atoms with Crippen LogP contribution < -0.4 is 20.4 Å². The van der Waals surface area contributed by atoms with Crippen molar-refractivity contribution in [3.63, 3.8) is 0 Å². The summed E-state index contributed by atoms with van der Waals surface area (Å²) in [6.45, 7) is 5.58. The van der Waals surface area contributed by atoms with Crippen LogP contribution in [0.1, 0.15) is 30.8 Å². The number of amides is 3. The number of hydrogen-bond donors (Lipinski definition) is 3. The number of carbonyl (C=O) groups excluding carboxylic acids is 2. The van der Waals surface area contributed by atoms with Crippen LogP contribution in [0.5, 0.6) is 0 Å². The normalized spacial score (nSPS) is 17.5.